The zero-order valence-electron chi connectivity index (χ0n) is 7.34. The molecule has 2 bridgehead atoms. The summed E-state index contributed by atoms with van der Waals surface area (Å²) in [6.45, 7) is 0. The smallest absolute Gasteiger partial charge is 0.306 e. The Morgan fingerprint density at radius 1 is 1.58 bits per heavy atom. The molecule has 3 heteroatoms. The summed E-state index contributed by atoms with van der Waals surface area (Å²) in [4.78, 5) is 10.8. The van der Waals surface area contributed by atoms with Crippen molar-refractivity contribution < 1.29 is 9.53 Å². The van der Waals surface area contributed by atoms with Gasteiger partial charge >= 0.3 is 5.97 Å². The van der Waals surface area contributed by atoms with Crippen molar-refractivity contribution in [2.24, 2.45) is 5.92 Å². The molecule has 0 amide bonds. The summed E-state index contributed by atoms with van der Waals surface area (Å²) in [7, 11) is 1.45. The van der Waals surface area contributed by atoms with E-state index in [1.54, 1.807) is 0 Å². The van der Waals surface area contributed by atoms with Crippen LogP contribution in [0.4, 0.5) is 0 Å². The molecule has 0 aromatic carbocycles. The molecule has 68 valence electrons. The molecule has 0 aromatic heterocycles. The molecule has 3 fully saturated rings. The maximum absolute atomic E-state index is 10.8. The molecule has 3 saturated carbocycles. The lowest BCUT2D eigenvalue weighted by atomic mass is 9.55. The van der Waals surface area contributed by atoms with Crippen molar-refractivity contribution >= 4 is 17.7 Å². The summed E-state index contributed by atoms with van der Waals surface area (Å²) >= 11 is 1.97. The van der Waals surface area contributed by atoms with Gasteiger partial charge in [-0.05, 0) is 25.2 Å². The van der Waals surface area contributed by atoms with Crippen LogP contribution >= 0.6 is 11.8 Å². The van der Waals surface area contributed by atoms with Gasteiger partial charge in [-0.25, -0.2) is 0 Å². The Balaban J connectivity index is 1.60. The molecule has 0 N–H and O–H groups in total. The molecule has 0 saturated heterocycles. The Bertz CT molecular complexity index is 186. The molecule has 0 spiro atoms. The van der Waals surface area contributed by atoms with Gasteiger partial charge in [0, 0.05) is 10.5 Å². The van der Waals surface area contributed by atoms with E-state index in [4.69, 9.17) is 0 Å². The Kier molecular flexibility index (Phi) is 2.07. The number of hydrogen-bond acceptors (Lipinski definition) is 3. The second-order valence-corrected chi connectivity index (χ2v) is 5.40. The summed E-state index contributed by atoms with van der Waals surface area (Å²) in [5, 5.41) is 0. The Morgan fingerprint density at radius 3 is 2.67 bits per heavy atom. The maximum Gasteiger partial charge on any atom is 0.306 e. The van der Waals surface area contributed by atoms with Gasteiger partial charge in [0.15, 0.2) is 0 Å². The number of hydrogen-bond donors (Lipinski definition) is 0. The van der Waals surface area contributed by atoms with Gasteiger partial charge in [0.1, 0.15) is 0 Å². The van der Waals surface area contributed by atoms with E-state index in [-0.39, 0.29) is 5.97 Å². The van der Waals surface area contributed by atoms with Gasteiger partial charge in [-0.15, -0.1) is 0 Å². The van der Waals surface area contributed by atoms with Crippen molar-refractivity contribution in [3.05, 3.63) is 0 Å². The predicted octanol–water partition coefficient (Wildman–Crippen LogP) is 1.84. The first kappa shape index (κ1) is 8.42. The summed E-state index contributed by atoms with van der Waals surface area (Å²) in [6, 6.07) is 0. The lowest BCUT2D eigenvalue weighted by molar-refractivity contribution is -0.140. The van der Waals surface area contributed by atoms with Gasteiger partial charge < -0.3 is 4.74 Å². The third kappa shape index (κ3) is 1.35. The Labute approximate surface area is 77.0 Å². The first-order valence-electron chi connectivity index (χ1n) is 4.45. The average molecular weight is 186 g/mol. The van der Waals surface area contributed by atoms with E-state index in [2.05, 4.69) is 4.74 Å². The van der Waals surface area contributed by atoms with Crippen molar-refractivity contribution in [2.75, 3.05) is 12.9 Å². The normalized spacial score (nSPS) is 36.6. The fourth-order valence-electron chi connectivity index (χ4n) is 2.03. The first-order valence-corrected chi connectivity index (χ1v) is 5.43. The number of carbonyl (C=O) groups excluding carboxylic acids is 1. The highest BCUT2D eigenvalue weighted by atomic mass is 32.2. The summed E-state index contributed by atoms with van der Waals surface area (Å²) in [5.74, 6) is 1.91. The highest BCUT2D eigenvalue weighted by Crippen LogP contribution is 2.64. The van der Waals surface area contributed by atoms with E-state index in [0.717, 1.165) is 11.7 Å². The van der Waals surface area contributed by atoms with E-state index in [0.29, 0.717) is 11.2 Å². The lowest BCUT2D eigenvalue weighted by Crippen LogP contribution is -2.55. The lowest BCUT2D eigenvalue weighted by Gasteiger charge is -2.61. The van der Waals surface area contributed by atoms with Crippen LogP contribution in [0, 0.1) is 5.92 Å². The van der Waals surface area contributed by atoms with Crippen LogP contribution < -0.4 is 0 Å². The molecule has 0 aliphatic heterocycles. The number of ether oxygens (including phenoxy) is 1. The van der Waals surface area contributed by atoms with Crippen molar-refractivity contribution in [3.8, 4) is 0 Å². The van der Waals surface area contributed by atoms with Gasteiger partial charge in [0.2, 0.25) is 0 Å². The fourth-order valence-corrected chi connectivity index (χ4v) is 3.79. The van der Waals surface area contributed by atoms with Crippen LogP contribution in [0.2, 0.25) is 0 Å². The third-order valence-corrected chi connectivity index (χ3v) is 4.44. The minimum atomic E-state index is -0.0749. The fraction of sp³-hybridized carbons (Fsp3) is 0.889. The molecule has 0 aromatic rings. The van der Waals surface area contributed by atoms with Gasteiger partial charge in [0.05, 0.1) is 13.5 Å². The van der Waals surface area contributed by atoms with E-state index in [1.807, 2.05) is 11.8 Å². The number of carbonyl (C=O) groups is 1. The second-order valence-electron chi connectivity index (χ2n) is 3.84. The predicted molar refractivity (Wildman–Crippen MR) is 49.2 cm³/mol. The number of esters is 1. The van der Waals surface area contributed by atoms with Gasteiger partial charge in [-0.1, -0.05) is 0 Å². The molecule has 12 heavy (non-hydrogen) atoms. The zero-order valence-corrected chi connectivity index (χ0v) is 8.15. The number of thioether (sulfide) groups is 1. The van der Waals surface area contributed by atoms with Crippen molar-refractivity contribution in [2.45, 2.75) is 30.4 Å². The molecule has 0 atom stereocenters. The number of methoxy groups -OCH3 is 1. The summed E-state index contributed by atoms with van der Waals surface area (Å²) in [6.07, 6.45) is 4.78. The van der Waals surface area contributed by atoms with Gasteiger partial charge in [-0.2, -0.15) is 11.8 Å². The van der Waals surface area contributed by atoms with Crippen LogP contribution in [-0.2, 0) is 9.53 Å². The molecule has 3 rings (SSSR count). The largest absolute Gasteiger partial charge is 0.469 e. The Hall–Kier alpha value is -0.180. The standard InChI is InChI=1S/C9H14O2S/c1-11-8(10)2-3-12-9-4-7(5-9)6-9/h7H,2-6H2,1H3. The molecular formula is C9H14O2S. The van der Waals surface area contributed by atoms with Crippen molar-refractivity contribution in [1.82, 2.24) is 0 Å². The molecule has 3 aliphatic carbocycles. The molecule has 3 aliphatic rings. The molecule has 0 heterocycles. The first-order chi connectivity index (χ1) is 5.74. The maximum atomic E-state index is 10.8. The zero-order chi connectivity index (χ0) is 8.60. The topological polar surface area (TPSA) is 26.3 Å². The quantitative estimate of drug-likeness (QED) is 0.627. The molecule has 0 radical (unpaired) electrons. The van der Waals surface area contributed by atoms with E-state index in [9.17, 15) is 4.79 Å². The van der Waals surface area contributed by atoms with Gasteiger partial charge in [-0.3, -0.25) is 4.79 Å². The van der Waals surface area contributed by atoms with Crippen LogP contribution in [-0.4, -0.2) is 23.6 Å². The minimum absolute atomic E-state index is 0.0749. The van der Waals surface area contributed by atoms with Crippen molar-refractivity contribution in [1.29, 1.82) is 0 Å². The van der Waals surface area contributed by atoms with Crippen LogP contribution in [0.1, 0.15) is 25.7 Å². The highest BCUT2D eigenvalue weighted by molar-refractivity contribution is 8.00. The molecule has 2 nitrogen and oxygen atoms in total. The van der Waals surface area contributed by atoms with E-state index in [1.165, 1.54) is 26.4 Å². The molecule has 0 unspecified atom stereocenters. The summed E-state index contributed by atoms with van der Waals surface area (Å²) < 4.78 is 5.19. The van der Waals surface area contributed by atoms with Crippen molar-refractivity contribution in [3.63, 3.8) is 0 Å². The van der Waals surface area contributed by atoms with E-state index >= 15 is 0 Å². The molecular weight excluding hydrogens is 172 g/mol. The SMILES string of the molecule is COC(=O)CCSC12CC(C1)C2. The summed E-state index contributed by atoms with van der Waals surface area (Å²) in [5.41, 5.74) is 0. The van der Waals surface area contributed by atoms with Gasteiger partial charge in [0.25, 0.3) is 0 Å². The van der Waals surface area contributed by atoms with Crippen LogP contribution in [0.5, 0.6) is 0 Å². The Morgan fingerprint density at radius 2 is 2.25 bits per heavy atom. The third-order valence-electron chi connectivity index (χ3n) is 2.92. The van der Waals surface area contributed by atoms with Crippen LogP contribution in [0.15, 0.2) is 0 Å². The van der Waals surface area contributed by atoms with E-state index < -0.39 is 0 Å². The minimum Gasteiger partial charge on any atom is -0.469 e. The monoisotopic (exact) mass is 186 g/mol. The highest BCUT2D eigenvalue weighted by Gasteiger charge is 2.56. The second kappa shape index (κ2) is 2.95. The van der Waals surface area contributed by atoms with Crippen LogP contribution in [0.3, 0.4) is 0 Å². The van der Waals surface area contributed by atoms with Crippen LogP contribution in [0.25, 0.3) is 0 Å². The number of rotatable bonds is 4. The average Bonchev–Trinajstić information content (AvgIpc) is 1.91.